The normalized spacial score (nSPS) is 12.0. The van der Waals surface area contributed by atoms with Crippen LogP contribution in [0.2, 0.25) is 10.0 Å². The second-order valence-corrected chi connectivity index (χ2v) is 5.30. The van der Waals surface area contributed by atoms with Gasteiger partial charge in [0.05, 0.1) is 40.3 Å². The summed E-state index contributed by atoms with van der Waals surface area (Å²) in [6.07, 6.45) is 0. The van der Waals surface area contributed by atoms with Crippen molar-refractivity contribution in [1.82, 2.24) is 0 Å². The SMILES string of the molecule is CCOC(=O)COCCNc1c(Cl)cc(Cl)c2c1N=S=N2. The first-order valence-electron chi connectivity index (χ1n) is 6.21. The maximum atomic E-state index is 11.1. The molecule has 0 aromatic heterocycles. The van der Waals surface area contributed by atoms with Gasteiger partial charge < -0.3 is 14.8 Å². The van der Waals surface area contributed by atoms with Gasteiger partial charge in [0.25, 0.3) is 0 Å². The quantitative estimate of drug-likeness (QED) is 0.610. The first kappa shape index (κ1) is 16.2. The van der Waals surface area contributed by atoms with E-state index in [1.165, 1.54) is 0 Å². The highest BCUT2D eigenvalue weighted by Crippen LogP contribution is 2.47. The molecule has 0 amide bonds. The van der Waals surface area contributed by atoms with Crippen LogP contribution in [0.4, 0.5) is 17.1 Å². The number of benzene rings is 1. The zero-order chi connectivity index (χ0) is 15.2. The number of rotatable bonds is 7. The predicted octanol–water partition coefficient (Wildman–Crippen LogP) is 3.71. The van der Waals surface area contributed by atoms with Crippen molar-refractivity contribution in [2.45, 2.75) is 6.92 Å². The van der Waals surface area contributed by atoms with E-state index < -0.39 is 0 Å². The van der Waals surface area contributed by atoms with Crippen LogP contribution >= 0.6 is 23.2 Å². The Morgan fingerprint density at radius 2 is 2.10 bits per heavy atom. The zero-order valence-electron chi connectivity index (χ0n) is 11.2. The molecule has 21 heavy (non-hydrogen) atoms. The summed E-state index contributed by atoms with van der Waals surface area (Å²) in [7, 11) is 0. The van der Waals surface area contributed by atoms with E-state index in [9.17, 15) is 4.79 Å². The van der Waals surface area contributed by atoms with Crippen molar-refractivity contribution in [1.29, 1.82) is 0 Å². The summed E-state index contributed by atoms with van der Waals surface area (Å²) in [5.41, 5.74) is 1.90. The number of esters is 1. The molecule has 0 saturated heterocycles. The van der Waals surface area contributed by atoms with Crippen LogP contribution in [0.1, 0.15) is 6.92 Å². The molecule has 0 fully saturated rings. The van der Waals surface area contributed by atoms with Crippen LogP contribution in [0.5, 0.6) is 0 Å². The van der Waals surface area contributed by atoms with E-state index in [0.29, 0.717) is 46.9 Å². The van der Waals surface area contributed by atoms with Gasteiger partial charge in [-0.25, -0.2) is 4.79 Å². The van der Waals surface area contributed by atoms with Gasteiger partial charge in [-0.2, -0.15) is 8.73 Å². The molecule has 0 radical (unpaired) electrons. The summed E-state index contributed by atoms with van der Waals surface area (Å²) >= 11 is 13.3. The van der Waals surface area contributed by atoms with Crippen molar-refractivity contribution in [3.8, 4) is 0 Å². The van der Waals surface area contributed by atoms with Crippen molar-refractivity contribution in [3.05, 3.63) is 16.1 Å². The summed E-state index contributed by atoms with van der Waals surface area (Å²) in [6.45, 7) is 2.81. The summed E-state index contributed by atoms with van der Waals surface area (Å²) in [4.78, 5) is 11.1. The van der Waals surface area contributed by atoms with Gasteiger partial charge in [0.15, 0.2) is 0 Å². The Kier molecular flexibility index (Phi) is 5.98. The van der Waals surface area contributed by atoms with E-state index in [1.54, 1.807) is 13.0 Å². The first-order chi connectivity index (χ1) is 10.1. The molecular formula is C12H13Cl2N3O3S. The molecule has 0 unspecified atom stereocenters. The maximum Gasteiger partial charge on any atom is 0.332 e. The molecule has 1 aliphatic heterocycles. The third-order valence-corrected chi connectivity index (χ3v) is 3.63. The number of carbonyl (C=O) groups is 1. The number of nitrogens with zero attached hydrogens (tertiary/aromatic N) is 2. The van der Waals surface area contributed by atoms with E-state index in [0.717, 1.165) is 11.4 Å². The lowest BCUT2D eigenvalue weighted by Gasteiger charge is -2.12. The average molecular weight is 350 g/mol. The van der Waals surface area contributed by atoms with Crippen LogP contribution in [-0.4, -0.2) is 32.3 Å². The number of ether oxygens (including phenoxy) is 2. The highest BCUT2D eigenvalue weighted by molar-refractivity contribution is 7.58. The number of halogens is 2. The summed E-state index contributed by atoms with van der Waals surface area (Å²) in [6, 6.07) is 1.62. The number of hydrogen-bond acceptors (Lipinski definition) is 6. The first-order valence-corrected chi connectivity index (χ1v) is 7.69. The molecule has 1 aliphatic rings. The minimum absolute atomic E-state index is 0.0719. The Hall–Kier alpha value is -1.15. The molecule has 6 nitrogen and oxygen atoms in total. The third-order valence-electron chi connectivity index (χ3n) is 2.52. The molecule has 0 atom stereocenters. The standard InChI is InChI=1S/C12H13Cl2N3O3S/c1-2-20-9(18)6-19-4-3-15-10-7(13)5-8(14)11-12(10)17-21-16-11/h5,15H,2-4,6H2,1H3. The third kappa shape index (κ3) is 4.16. The molecule has 2 rings (SSSR count). The second kappa shape index (κ2) is 7.74. The van der Waals surface area contributed by atoms with Crippen molar-refractivity contribution in [2.75, 3.05) is 31.7 Å². The lowest BCUT2D eigenvalue weighted by Crippen LogP contribution is -2.16. The Labute approximate surface area is 135 Å². The number of nitrogens with one attached hydrogen (secondary N) is 1. The Bertz CT molecular complexity index is 618. The van der Waals surface area contributed by atoms with E-state index in [4.69, 9.17) is 32.7 Å². The largest absolute Gasteiger partial charge is 0.464 e. The molecule has 114 valence electrons. The van der Waals surface area contributed by atoms with Crippen molar-refractivity contribution < 1.29 is 14.3 Å². The Morgan fingerprint density at radius 1 is 1.33 bits per heavy atom. The lowest BCUT2D eigenvalue weighted by atomic mass is 10.2. The highest BCUT2D eigenvalue weighted by atomic mass is 35.5. The topological polar surface area (TPSA) is 72.3 Å². The van der Waals surface area contributed by atoms with Crippen LogP contribution in [0.3, 0.4) is 0 Å². The van der Waals surface area contributed by atoms with Crippen LogP contribution in [0.25, 0.3) is 0 Å². The molecule has 1 heterocycles. The number of fused-ring (bicyclic) bond motifs is 1. The molecule has 0 aliphatic carbocycles. The highest BCUT2D eigenvalue weighted by Gasteiger charge is 2.18. The Morgan fingerprint density at radius 3 is 2.86 bits per heavy atom. The van der Waals surface area contributed by atoms with E-state index in [1.807, 2.05) is 0 Å². The number of hydrogen-bond donors (Lipinski definition) is 1. The minimum Gasteiger partial charge on any atom is -0.464 e. The molecule has 9 heteroatoms. The van der Waals surface area contributed by atoms with E-state index >= 15 is 0 Å². The number of carbonyl (C=O) groups excluding carboxylic acids is 1. The fraction of sp³-hybridized carbons (Fsp3) is 0.417. The van der Waals surface area contributed by atoms with Gasteiger partial charge >= 0.3 is 5.97 Å². The van der Waals surface area contributed by atoms with Crippen molar-refractivity contribution in [3.63, 3.8) is 0 Å². The summed E-state index contributed by atoms with van der Waals surface area (Å²) in [5, 5.41) is 4.04. The van der Waals surface area contributed by atoms with Gasteiger partial charge in [0.2, 0.25) is 0 Å². The molecule has 0 spiro atoms. The summed E-state index contributed by atoms with van der Waals surface area (Å²) < 4.78 is 18.2. The zero-order valence-corrected chi connectivity index (χ0v) is 13.5. The molecule has 1 aromatic carbocycles. The van der Waals surface area contributed by atoms with Gasteiger partial charge in [-0.15, -0.1) is 0 Å². The van der Waals surface area contributed by atoms with Gasteiger partial charge in [0.1, 0.15) is 18.0 Å². The fourth-order valence-electron chi connectivity index (χ4n) is 1.65. The maximum absolute atomic E-state index is 11.1. The van der Waals surface area contributed by atoms with Crippen LogP contribution < -0.4 is 5.32 Å². The monoisotopic (exact) mass is 349 g/mol. The average Bonchev–Trinajstić information content (AvgIpc) is 2.91. The fourth-order valence-corrected chi connectivity index (χ4v) is 2.83. The van der Waals surface area contributed by atoms with Gasteiger partial charge in [-0.05, 0) is 13.0 Å². The molecule has 1 N–H and O–H groups in total. The van der Waals surface area contributed by atoms with Gasteiger partial charge in [-0.1, -0.05) is 23.2 Å². The number of anilines is 1. The molecule has 0 saturated carbocycles. The Balaban J connectivity index is 1.86. The minimum atomic E-state index is -0.381. The lowest BCUT2D eigenvalue weighted by molar-refractivity contribution is -0.148. The van der Waals surface area contributed by atoms with Gasteiger partial charge in [-0.3, -0.25) is 0 Å². The summed E-state index contributed by atoms with van der Waals surface area (Å²) in [5.74, 6) is -0.381. The molecular weight excluding hydrogens is 337 g/mol. The van der Waals surface area contributed by atoms with Crippen LogP contribution in [0, 0.1) is 0 Å². The van der Waals surface area contributed by atoms with E-state index in [-0.39, 0.29) is 12.6 Å². The van der Waals surface area contributed by atoms with Crippen LogP contribution in [0.15, 0.2) is 14.8 Å². The van der Waals surface area contributed by atoms with Crippen molar-refractivity contribution in [2.24, 2.45) is 8.73 Å². The molecule has 0 bridgehead atoms. The van der Waals surface area contributed by atoms with Crippen LogP contribution in [-0.2, 0) is 25.6 Å². The van der Waals surface area contributed by atoms with E-state index in [2.05, 4.69) is 14.0 Å². The van der Waals surface area contributed by atoms with Gasteiger partial charge in [0, 0.05) is 6.54 Å². The smallest absolute Gasteiger partial charge is 0.332 e. The van der Waals surface area contributed by atoms with Crippen molar-refractivity contribution >= 4 is 57.6 Å². The predicted molar refractivity (Wildman–Crippen MR) is 83.9 cm³/mol. The molecule has 1 aromatic rings. The second-order valence-electron chi connectivity index (χ2n) is 3.96.